The van der Waals surface area contributed by atoms with Crippen LogP contribution in [0.4, 0.5) is 30.5 Å². The second-order valence-electron chi connectivity index (χ2n) is 11.4. The van der Waals surface area contributed by atoms with E-state index in [1.807, 2.05) is 38.1 Å². The molecule has 0 saturated carbocycles. The number of alkyl halides is 3. The Morgan fingerprint density at radius 3 is 2.44 bits per heavy atom. The number of imidazole rings is 1. The summed E-state index contributed by atoms with van der Waals surface area (Å²) in [6.07, 6.45) is -3.70. The number of fused-ring (bicyclic) bond motifs is 1. The number of amides is 1. The van der Waals surface area contributed by atoms with Crippen molar-refractivity contribution in [3.63, 3.8) is 0 Å². The van der Waals surface area contributed by atoms with Crippen LogP contribution in [0.3, 0.4) is 0 Å². The molecule has 1 saturated heterocycles. The maximum absolute atomic E-state index is 13.4. The number of carbonyl (C=O) groups excluding carboxylic acids is 1. The minimum Gasteiger partial charge on any atom is -0.370 e. The van der Waals surface area contributed by atoms with Gasteiger partial charge in [-0.05, 0) is 74.2 Å². The van der Waals surface area contributed by atoms with Crippen LogP contribution in [-0.4, -0.2) is 34.7 Å². The van der Waals surface area contributed by atoms with Crippen LogP contribution in [0.25, 0.3) is 11.0 Å². The maximum atomic E-state index is 13.4. The number of carbonyl (C=O) groups is 1. The van der Waals surface area contributed by atoms with Gasteiger partial charge in [0.15, 0.2) is 0 Å². The molecule has 5 rings (SSSR count). The number of anilines is 3. The summed E-state index contributed by atoms with van der Waals surface area (Å²) >= 11 is 19.1. The minimum atomic E-state index is -4.25. The molecule has 1 aliphatic rings. The second-order valence-corrected chi connectivity index (χ2v) is 12.6. The van der Waals surface area contributed by atoms with E-state index in [0.717, 1.165) is 11.1 Å². The van der Waals surface area contributed by atoms with Crippen molar-refractivity contribution in [2.24, 2.45) is 13.0 Å². The molecule has 1 aromatic heterocycles. The number of nitrogens with one attached hydrogen (secondary N) is 2. The smallest absolute Gasteiger partial charge is 0.370 e. The predicted molar refractivity (Wildman–Crippen MR) is 168 cm³/mol. The van der Waals surface area contributed by atoms with E-state index in [9.17, 15) is 18.0 Å². The van der Waals surface area contributed by atoms with Crippen molar-refractivity contribution >= 4 is 69.1 Å². The Kier molecular flexibility index (Phi) is 8.80. The Hall–Kier alpha value is -3.14. The molecule has 0 bridgehead atoms. The highest BCUT2D eigenvalue weighted by Crippen LogP contribution is 2.39. The van der Waals surface area contributed by atoms with E-state index in [0.29, 0.717) is 56.4 Å². The van der Waals surface area contributed by atoms with E-state index >= 15 is 0 Å². The van der Waals surface area contributed by atoms with Gasteiger partial charge in [-0.1, -0.05) is 53.0 Å². The van der Waals surface area contributed by atoms with Crippen molar-refractivity contribution < 1.29 is 18.0 Å². The third-order valence-electron chi connectivity index (χ3n) is 8.04. The normalized spacial score (nSPS) is 16.0. The standard InChI is InChI=1S/C31H31Cl3F3N5O/c1-30(2,19-7-9-21(32)10-8-19)28(43)38-16-18-6-11-22(33)24(13-18)39-29-40-25-14-23(34)26(15-27(25)41(29)3)42-12-4-5-20(17-42)31(35,36)37/h6-11,13-15,20H,4-5,12,16-17H2,1-3H3,(H,38,43)(H,39,40). The molecule has 1 amide bonds. The number of hydrogen-bond donors (Lipinski definition) is 2. The Balaban J connectivity index is 1.33. The van der Waals surface area contributed by atoms with Gasteiger partial charge in [0.05, 0.1) is 43.8 Å². The van der Waals surface area contributed by atoms with Gasteiger partial charge in [0.2, 0.25) is 11.9 Å². The molecule has 12 heteroatoms. The van der Waals surface area contributed by atoms with Crippen LogP contribution in [0, 0.1) is 5.92 Å². The number of benzene rings is 3. The van der Waals surface area contributed by atoms with E-state index in [4.69, 9.17) is 34.8 Å². The average Bonchev–Trinajstić information content (AvgIpc) is 3.26. The molecule has 2 heterocycles. The molecule has 228 valence electrons. The molecule has 3 aromatic carbocycles. The van der Waals surface area contributed by atoms with Crippen LogP contribution in [0.15, 0.2) is 54.6 Å². The molecule has 2 N–H and O–H groups in total. The molecule has 1 aliphatic heterocycles. The fourth-order valence-corrected chi connectivity index (χ4v) is 5.89. The number of piperidine rings is 1. The Bertz CT molecular complexity index is 1650. The van der Waals surface area contributed by atoms with Crippen LogP contribution in [0.1, 0.15) is 37.8 Å². The Morgan fingerprint density at radius 1 is 1.02 bits per heavy atom. The molecular weight excluding hydrogens is 622 g/mol. The van der Waals surface area contributed by atoms with Crippen molar-refractivity contribution in [3.8, 4) is 0 Å². The van der Waals surface area contributed by atoms with Crippen molar-refractivity contribution in [3.05, 3.63) is 80.8 Å². The topological polar surface area (TPSA) is 62.2 Å². The minimum absolute atomic E-state index is 0.114. The van der Waals surface area contributed by atoms with Gasteiger partial charge in [0.1, 0.15) is 0 Å². The highest BCUT2D eigenvalue weighted by atomic mass is 35.5. The van der Waals surface area contributed by atoms with E-state index in [1.54, 1.807) is 46.8 Å². The molecule has 4 aromatic rings. The number of halogens is 6. The summed E-state index contributed by atoms with van der Waals surface area (Å²) in [6.45, 7) is 4.34. The fraction of sp³-hybridized carbons (Fsp3) is 0.355. The Morgan fingerprint density at radius 2 is 1.74 bits per heavy atom. The van der Waals surface area contributed by atoms with E-state index < -0.39 is 17.5 Å². The first-order chi connectivity index (χ1) is 20.2. The van der Waals surface area contributed by atoms with Crippen LogP contribution < -0.4 is 15.5 Å². The van der Waals surface area contributed by atoms with Gasteiger partial charge in [0.25, 0.3) is 0 Å². The lowest BCUT2D eigenvalue weighted by Gasteiger charge is -2.35. The van der Waals surface area contributed by atoms with Gasteiger partial charge in [0, 0.05) is 31.7 Å². The molecule has 0 radical (unpaired) electrons. The lowest BCUT2D eigenvalue weighted by atomic mass is 9.83. The molecule has 1 atom stereocenters. The highest BCUT2D eigenvalue weighted by molar-refractivity contribution is 6.34. The summed E-state index contributed by atoms with van der Waals surface area (Å²) in [6, 6.07) is 16.1. The summed E-state index contributed by atoms with van der Waals surface area (Å²) in [5.74, 6) is -1.06. The molecule has 43 heavy (non-hydrogen) atoms. The zero-order valence-electron chi connectivity index (χ0n) is 23.8. The van der Waals surface area contributed by atoms with Gasteiger partial charge in [-0.15, -0.1) is 0 Å². The van der Waals surface area contributed by atoms with Gasteiger partial charge in [-0.3, -0.25) is 4.79 Å². The Labute approximate surface area is 263 Å². The predicted octanol–water partition coefficient (Wildman–Crippen LogP) is 8.65. The fourth-order valence-electron chi connectivity index (χ4n) is 5.32. The van der Waals surface area contributed by atoms with E-state index in [2.05, 4.69) is 15.6 Å². The molecule has 0 aliphatic carbocycles. The van der Waals surface area contributed by atoms with Gasteiger partial charge in [-0.25, -0.2) is 4.98 Å². The monoisotopic (exact) mass is 651 g/mol. The number of aromatic nitrogens is 2. The first kappa shape index (κ1) is 31.3. The summed E-state index contributed by atoms with van der Waals surface area (Å²) < 4.78 is 42.1. The van der Waals surface area contributed by atoms with Gasteiger partial charge in [-0.2, -0.15) is 13.2 Å². The lowest BCUT2D eigenvalue weighted by molar-refractivity contribution is -0.176. The van der Waals surface area contributed by atoms with Crippen LogP contribution in [0.5, 0.6) is 0 Å². The average molecular weight is 653 g/mol. The first-order valence-corrected chi connectivity index (χ1v) is 14.9. The number of rotatable bonds is 7. The maximum Gasteiger partial charge on any atom is 0.393 e. The van der Waals surface area contributed by atoms with Gasteiger partial charge >= 0.3 is 6.18 Å². The quantitative estimate of drug-likeness (QED) is 0.210. The number of aryl methyl sites for hydroxylation is 1. The van der Waals surface area contributed by atoms with Crippen molar-refractivity contribution in [1.29, 1.82) is 0 Å². The van der Waals surface area contributed by atoms with Crippen molar-refractivity contribution in [1.82, 2.24) is 14.9 Å². The number of nitrogens with zero attached hydrogens (tertiary/aromatic N) is 3. The van der Waals surface area contributed by atoms with Crippen molar-refractivity contribution in [2.45, 2.75) is 44.8 Å². The zero-order chi connectivity index (χ0) is 31.1. The SMILES string of the molecule is Cn1c(Nc2cc(CNC(=O)C(C)(C)c3ccc(Cl)cc3)ccc2Cl)nc2cc(Cl)c(N3CCCC(C(F)(F)F)C3)cc21. The van der Waals surface area contributed by atoms with E-state index in [1.165, 1.54) is 0 Å². The highest BCUT2D eigenvalue weighted by Gasteiger charge is 2.42. The molecular formula is C31H31Cl3F3N5O. The molecule has 1 unspecified atom stereocenters. The first-order valence-electron chi connectivity index (χ1n) is 13.8. The molecule has 0 spiro atoms. The summed E-state index contributed by atoms with van der Waals surface area (Å²) in [4.78, 5) is 19.4. The molecule has 1 fully saturated rings. The molecule has 6 nitrogen and oxygen atoms in total. The zero-order valence-corrected chi connectivity index (χ0v) is 26.1. The van der Waals surface area contributed by atoms with Crippen LogP contribution >= 0.6 is 34.8 Å². The largest absolute Gasteiger partial charge is 0.393 e. The summed E-state index contributed by atoms with van der Waals surface area (Å²) in [7, 11) is 1.81. The van der Waals surface area contributed by atoms with E-state index in [-0.39, 0.29) is 25.4 Å². The third-order valence-corrected chi connectivity index (χ3v) is 8.92. The van der Waals surface area contributed by atoms with Crippen molar-refractivity contribution in [2.75, 3.05) is 23.3 Å². The van der Waals surface area contributed by atoms with Crippen LogP contribution in [0.2, 0.25) is 15.1 Å². The lowest BCUT2D eigenvalue weighted by Crippen LogP contribution is -2.41. The van der Waals surface area contributed by atoms with Gasteiger partial charge < -0.3 is 20.1 Å². The third kappa shape index (κ3) is 6.69. The summed E-state index contributed by atoms with van der Waals surface area (Å²) in [5.41, 5.74) is 3.33. The number of hydrogen-bond acceptors (Lipinski definition) is 4. The van der Waals surface area contributed by atoms with Crippen LogP contribution in [-0.2, 0) is 23.8 Å². The summed E-state index contributed by atoms with van der Waals surface area (Å²) in [5, 5.41) is 7.65. The second kappa shape index (κ2) is 12.1.